The van der Waals surface area contributed by atoms with E-state index in [-0.39, 0.29) is 11.9 Å². The summed E-state index contributed by atoms with van der Waals surface area (Å²) in [5.41, 5.74) is 3.19. The summed E-state index contributed by atoms with van der Waals surface area (Å²) in [6.45, 7) is 6.38. The number of anilines is 1. The lowest BCUT2D eigenvalue weighted by molar-refractivity contribution is 0.0996. The third-order valence-electron chi connectivity index (χ3n) is 5.34. The molecule has 1 heterocycles. The highest BCUT2D eigenvalue weighted by Crippen LogP contribution is 2.22. The molecule has 0 aliphatic carbocycles. The van der Waals surface area contributed by atoms with Gasteiger partial charge in [-0.1, -0.05) is 30.8 Å². The molecule has 2 N–H and O–H groups in total. The number of hydrogen-bond acceptors (Lipinski definition) is 4. The summed E-state index contributed by atoms with van der Waals surface area (Å²) in [4.78, 5) is 4.03. The van der Waals surface area contributed by atoms with Gasteiger partial charge in [0.2, 0.25) is 0 Å². The molecule has 156 valence electrons. The molecule has 2 unspecified atom stereocenters. The summed E-state index contributed by atoms with van der Waals surface area (Å²) in [6, 6.07) is 14.4. The van der Waals surface area contributed by atoms with Gasteiger partial charge < -0.3 is 20.4 Å². The zero-order valence-corrected chi connectivity index (χ0v) is 17.2. The third kappa shape index (κ3) is 5.70. The van der Waals surface area contributed by atoms with Crippen molar-refractivity contribution in [1.29, 1.82) is 0 Å². The normalized spacial score (nSPS) is 18.9. The topological polar surface area (TPSA) is 30.5 Å². The van der Waals surface area contributed by atoms with Crippen LogP contribution < -0.4 is 15.5 Å². The van der Waals surface area contributed by atoms with Crippen LogP contribution in [-0.2, 0) is 13.1 Å². The Hall–Kier alpha value is -2.60. The predicted molar refractivity (Wildman–Crippen MR) is 115 cm³/mol. The molecule has 2 aromatic carbocycles. The number of alkyl halides is 1. The lowest BCUT2D eigenvalue weighted by Crippen LogP contribution is -2.51. The Morgan fingerprint density at radius 2 is 1.76 bits per heavy atom. The van der Waals surface area contributed by atoms with Crippen molar-refractivity contribution in [1.82, 2.24) is 15.5 Å². The van der Waals surface area contributed by atoms with E-state index in [0.29, 0.717) is 31.9 Å². The Labute approximate surface area is 172 Å². The fourth-order valence-corrected chi connectivity index (χ4v) is 3.57. The van der Waals surface area contributed by atoms with Gasteiger partial charge in [-0.25, -0.2) is 8.78 Å². The zero-order chi connectivity index (χ0) is 20.8. The highest BCUT2D eigenvalue weighted by atomic mass is 19.1. The van der Waals surface area contributed by atoms with Gasteiger partial charge in [0.25, 0.3) is 0 Å². The maximum absolute atomic E-state index is 14.7. The highest BCUT2D eigenvalue weighted by molar-refractivity contribution is 5.46. The second-order valence-corrected chi connectivity index (χ2v) is 7.69. The summed E-state index contributed by atoms with van der Waals surface area (Å²) >= 11 is 0. The molecule has 2 aromatic rings. The van der Waals surface area contributed by atoms with E-state index in [1.165, 1.54) is 12.1 Å². The van der Waals surface area contributed by atoms with E-state index in [4.69, 9.17) is 0 Å². The highest BCUT2D eigenvalue weighted by Gasteiger charge is 2.31. The average molecular weight is 401 g/mol. The van der Waals surface area contributed by atoms with Gasteiger partial charge in [0.15, 0.2) is 0 Å². The summed E-state index contributed by atoms with van der Waals surface area (Å²) < 4.78 is 27.9. The van der Waals surface area contributed by atoms with Crippen LogP contribution in [0, 0.1) is 5.82 Å². The van der Waals surface area contributed by atoms with Crippen molar-refractivity contribution in [3.8, 4) is 0 Å². The van der Waals surface area contributed by atoms with E-state index in [1.54, 1.807) is 12.1 Å². The quantitative estimate of drug-likeness (QED) is 0.708. The molecule has 3 rings (SSSR count). The van der Waals surface area contributed by atoms with Crippen molar-refractivity contribution in [2.75, 3.05) is 32.1 Å². The molecule has 1 fully saturated rings. The molecule has 2 atom stereocenters. The number of hydrogen-bond donors (Lipinski definition) is 2. The van der Waals surface area contributed by atoms with Crippen LogP contribution in [0.3, 0.4) is 0 Å². The van der Waals surface area contributed by atoms with Gasteiger partial charge in [0.1, 0.15) is 12.0 Å². The molecule has 4 nitrogen and oxygen atoms in total. The molecule has 6 heteroatoms. The monoisotopic (exact) mass is 400 g/mol. The Kier molecular flexibility index (Phi) is 7.09. The van der Waals surface area contributed by atoms with Crippen molar-refractivity contribution >= 4 is 5.69 Å². The Balaban J connectivity index is 1.70. The van der Waals surface area contributed by atoms with E-state index in [2.05, 4.69) is 46.4 Å². The first-order valence-electron chi connectivity index (χ1n) is 9.99. The molecule has 0 amide bonds. The van der Waals surface area contributed by atoms with Crippen molar-refractivity contribution in [3.05, 3.63) is 77.9 Å². The lowest BCUT2D eigenvalue weighted by atomic mass is 10.0. The molecular formula is C23H30F2N4. The van der Waals surface area contributed by atoms with Gasteiger partial charge in [0.05, 0.1) is 11.9 Å². The minimum absolute atomic E-state index is 0.266. The fraction of sp³-hybridized carbons (Fsp3) is 0.391. The molecule has 1 aliphatic heterocycles. The molecule has 0 spiro atoms. The fourth-order valence-electron chi connectivity index (χ4n) is 3.57. The van der Waals surface area contributed by atoms with Crippen molar-refractivity contribution < 1.29 is 8.78 Å². The molecule has 29 heavy (non-hydrogen) atoms. The predicted octanol–water partition coefficient (Wildman–Crippen LogP) is 3.65. The molecule has 1 aliphatic rings. The number of halogens is 2. The van der Waals surface area contributed by atoms with E-state index >= 15 is 0 Å². The first-order chi connectivity index (χ1) is 13.9. The van der Waals surface area contributed by atoms with E-state index < -0.39 is 6.17 Å². The number of benzene rings is 2. The van der Waals surface area contributed by atoms with Gasteiger partial charge in [0, 0.05) is 39.4 Å². The number of rotatable bonds is 8. The van der Waals surface area contributed by atoms with Crippen LogP contribution >= 0.6 is 0 Å². The maximum atomic E-state index is 14.7. The van der Waals surface area contributed by atoms with Gasteiger partial charge in [-0.3, -0.25) is 0 Å². The van der Waals surface area contributed by atoms with Crippen LogP contribution in [0.1, 0.15) is 17.5 Å². The van der Waals surface area contributed by atoms with Gasteiger partial charge in [-0.15, -0.1) is 0 Å². The maximum Gasteiger partial charge on any atom is 0.133 e. The van der Waals surface area contributed by atoms with Crippen LogP contribution in [0.5, 0.6) is 0 Å². The second kappa shape index (κ2) is 9.74. The van der Waals surface area contributed by atoms with Crippen LogP contribution in [0.4, 0.5) is 14.5 Å². The minimum Gasteiger partial charge on any atom is -0.378 e. The molecule has 1 saturated heterocycles. The summed E-state index contributed by atoms with van der Waals surface area (Å²) in [5, 5.41) is 6.45. The Bertz CT molecular complexity index is 790. The van der Waals surface area contributed by atoms with E-state index in [9.17, 15) is 8.78 Å². The summed E-state index contributed by atoms with van der Waals surface area (Å²) in [5.74, 6) is 0.407. The first-order valence-corrected chi connectivity index (χ1v) is 9.99. The number of nitrogens with zero attached hydrogens (tertiary/aromatic N) is 2. The first kappa shape index (κ1) is 21.1. The SMILES string of the molecule is C=C(NCc1ccc(N(C)C)cc1)N(Cc1ccc(F)cc1)C1CCNCC1F. The van der Waals surface area contributed by atoms with Gasteiger partial charge >= 0.3 is 0 Å². The Morgan fingerprint density at radius 3 is 2.38 bits per heavy atom. The van der Waals surface area contributed by atoms with Crippen LogP contribution in [0.25, 0.3) is 0 Å². The molecule has 0 aromatic heterocycles. The van der Waals surface area contributed by atoms with E-state index in [1.807, 2.05) is 19.0 Å². The standard InChI is InChI=1S/C23H30F2N4/c1-17(27-14-18-6-10-21(11-7-18)28(2)3)29(23-12-13-26-15-22(23)25)16-19-4-8-20(24)9-5-19/h4-11,22-23,26-27H,1,12-16H2,2-3H3. The minimum atomic E-state index is -0.984. The van der Waals surface area contributed by atoms with Crippen molar-refractivity contribution in [2.45, 2.75) is 31.7 Å². The molecule has 0 radical (unpaired) electrons. The molecular weight excluding hydrogens is 370 g/mol. The second-order valence-electron chi connectivity index (χ2n) is 7.69. The summed E-state index contributed by atoms with van der Waals surface area (Å²) in [6.07, 6.45) is -0.289. The van der Waals surface area contributed by atoms with Crippen molar-refractivity contribution in [2.24, 2.45) is 0 Å². The lowest BCUT2D eigenvalue weighted by Gasteiger charge is -2.39. The smallest absolute Gasteiger partial charge is 0.133 e. The third-order valence-corrected chi connectivity index (χ3v) is 5.34. The van der Waals surface area contributed by atoms with Gasteiger partial charge in [-0.05, 0) is 48.4 Å². The van der Waals surface area contributed by atoms with Crippen LogP contribution in [-0.4, -0.2) is 44.3 Å². The largest absolute Gasteiger partial charge is 0.378 e. The average Bonchev–Trinajstić information content (AvgIpc) is 2.72. The molecule has 0 saturated carbocycles. The Morgan fingerprint density at radius 1 is 1.10 bits per heavy atom. The van der Waals surface area contributed by atoms with Gasteiger partial charge in [-0.2, -0.15) is 0 Å². The zero-order valence-electron chi connectivity index (χ0n) is 17.2. The van der Waals surface area contributed by atoms with Crippen LogP contribution in [0.15, 0.2) is 60.9 Å². The van der Waals surface area contributed by atoms with Crippen molar-refractivity contribution in [3.63, 3.8) is 0 Å². The van der Waals surface area contributed by atoms with Crippen LogP contribution in [0.2, 0.25) is 0 Å². The number of nitrogens with one attached hydrogen (secondary N) is 2. The summed E-state index contributed by atoms with van der Waals surface area (Å²) in [7, 11) is 4.02. The van der Waals surface area contributed by atoms with E-state index in [0.717, 1.165) is 23.4 Å². The number of piperidine rings is 1. The molecule has 0 bridgehead atoms.